The minimum absolute atomic E-state index is 0.0715. The van der Waals surface area contributed by atoms with Crippen LogP contribution in [0.3, 0.4) is 0 Å². The summed E-state index contributed by atoms with van der Waals surface area (Å²) < 4.78 is 0. The lowest BCUT2D eigenvalue weighted by molar-refractivity contribution is -0.142. The van der Waals surface area contributed by atoms with E-state index in [4.69, 9.17) is 5.11 Å². The Labute approximate surface area is 128 Å². The third-order valence-electron chi connectivity index (χ3n) is 3.74. The monoisotopic (exact) mass is 311 g/mol. The number of aryl methyl sites for hydroxylation is 1. The average molecular weight is 311 g/mol. The third-order valence-corrected chi connectivity index (χ3v) is 4.79. The van der Waals surface area contributed by atoms with Crippen LogP contribution in [-0.2, 0) is 17.8 Å². The van der Waals surface area contributed by atoms with E-state index in [-0.39, 0.29) is 18.0 Å². The van der Waals surface area contributed by atoms with E-state index >= 15 is 0 Å². The highest BCUT2D eigenvalue weighted by atomic mass is 32.1. The number of nitrogens with one attached hydrogen (secondary N) is 2. The number of aliphatic carboxylic acids is 1. The minimum atomic E-state index is -0.729. The number of hydrogen-bond donors (Lipinski definition) is 3. The van der Waals surface area contributed by atoms with Gasteiger partial charge < -0.3 is 15.7 Å². The Hall–Kier alpha value is -1.63. The molecule has 0 unspecified atom stereocenters. The molecule has 3 N–H and O–H groups in total. The van der Waals surface area contributed by atoms with Crippen LogP contribution in [0.4, 0.5) is 4.79 Å². The van der Waals surface area contributed by atoms with Gasteiger partial charge in [-0.1, -0.05) is 6.92 Å². The van der Waals surface area contributed by atoms with Crippen molar-refractivity contribution in [3.63, 3.8) is 0 Å². The Balaban J connectivity index is 1.69. The number of carbonyl (C=O) groups is 2. The van der Waals surface area contributed by atoms with Crippen molar-refractivity contribution in [3.05, 3.63) is 16.1 Å². The van der Waals surface area contributed by atoms with Crippen molar-refractivity contribution >= 4 is 23.3 Å². The van der Waals surface area contributed by atoms with Crippen molar-refractivity contribution in [1.29, 1.82) is 0 Å². The fourth-order valence-corrected chi connectivity index (χ4v) is 3.23. The van der Waals surface area contributed by atoms with Gasteiger partial charge in [0.05, 0.1) is 23.2 Å². The number of rotatable bonds is 5. The van der Waals surface area contributed by atoms with Crippen LogP contribution in [0, 0.1) is 5.92 Å². The standard InChI is InChI=1S/C14H21N3O3S/c1-2-12-16-11(8-21-12)7-15-14(20)17-10-5-3-9(4-6-10)13(18)19/h8-10H,2-7H2,1H3,(H,18,19)(H2,15,17,20). The van der Waals surface area contributed by atoms with Crippen LogP contribution in [0.5, 0.6) is 0 Å². The number of nitrogens with zero attached hydrogens (tertiary/aromatic N) is 1. The van der Waals surface area contributed by atoms with Crippen LogP contribution in [-0.4, -0.2) is 28.1 Å². The van der Waals surface area contributed by atoms with Gasteiger partial charge in [-0.25, -0.2) is 9.78 Å². The van der Waals surface area contributed by atoms with E-state index in [2.05, 4.69) is 22.5 Å². The van der Waals surface area contributed by atoms with Crippen LogP contribution in [0.15, 0.2) is 5.38 Å². The Morgan fingerprint density at radius 1 is 1.38 bits per heavy atom. The summed E-state index contributed by atoms with van der Waals surface area (Å²) in [5.74, 6) is -0.984. The van der Waals surface area contributed by atoms with Crippen molar-refractivity contribution in [2.75, 3.05) is 0 Å². The number of aromatic nitrogens is 1. The summed E-state index contributed by atoms with van der Waals surface area (Å²) >= 11 is 1.60. The molecule has 116 valence electrons. The van der Waals surface area contributed by atoms with Gasteiger partial charge in [0, 0.05) is 11.4 Å². The SMILES string of the molecule is CCc1nc(CNC(=O)NC2CCC(C(=O)O)CC2)cs1. The summed E-state index contributed by atoms with van der Waals surface area (Å²) in [6, 6.07) is -0.137. The average Bonchev–Trinajstić information content (AvgIpc) is 2.94. The highest BCUT2D eigenvalue weighted by Gasteiger charge is 2.26. The van der Waals surface area contributed by atoms with E-state index in [1.807, 2.05) is 5.38 Å². The van der Waals surface area contributed by atoms with Gasteiger partial charge >= 0.3 is 12.0 Å². The van der Waals surface area contributed by atoms with Crippen molar-refractivity contribution in [2.45, 2.75) is 51.6 Å². The lowest BCUT2D eigenvalue weighted by Gasteiger charge is -2.26. The van der Waals surface area contributed by atoms with E-state index < -0.39 is 5.97 Å². The zero-order valence-electron chi connectivity index (χ0n) is 12.1. The molecule has 1 aromatic rings. The maximum absolute atomic E-state index is 11.8. The summed E-state index contributed by atoms with van der Waals surface area (Å²) in [6.07, 6.45) is 3.62. The second-order valence-electron chi connectivity index (χ2n) is 5.30. The number of thiazole rings is 1. The van der Waals surface area contributed by atoms with Gasteiger partial charge in [0.25, 0.3) is 0 Å². The van der Waals surface area contributed by atoms with Crippen LogP contribution in [0.2, 0.25) is 0 Å². The molecule has 0 radical (unpaired) electrons. The van der Waals surface area contributed by atoms with Gasteiger partial charge in [0.15, 0.2) is 0 Å². The summed E-state index contributed by atoms with van der Waals surface area (Å²) in [5, 5.41) is 17.7. The fraction of sp³-hybridized carbons (Fsp3) is 0.643. The first-order valence-corrected chi connectivity index (χ1v) is 8.17. The van der Waals surface area contributed by atoms with Crippen LogP contribution >= 0.6 is 11.3 Å². The number of amides is 2. The molecule has 0 aliphatic heterocycles. The molecule has 1 saturated carbocycles. The Bertz CT molecular complexity index is 495. The first-order valence-electron chi connectivity index (χ1n) is 7.29. The third kappa shape index (κ3) is 4.70. The lowest BCUT2D eigenvalue weighted by atomic mass is 9.86. The minimum Gasteiger partial charge on any atom is -0.481 e. The second kappa shape index (κ2) is 7.40. The number of urea groups is 1. The molecule has 0 spiro atoms. The molecule has 0 atom stereocenters. The molecule has 1 heterocycles. The van der Waals surface area contributed by atoms with Crippen LogP contribution in [0.25, 0.3) is 0 Å². The molecule has 1 fully saturated rings. The van der Waals surface area contributed by atoms with Crippen LogP contribution < -0.4 is 10.6 Å². The zero-order chi connectivity index (χ0) is 15.2. The predicted molar refractivity (Wildman–Crippen MR) is 80.2 cm³/mol. The highest BCUT2D eigenvalue weighted by Crippen LogP contribution is 2.24. The predicted octanol–water partition coefficient (Wildman–Crippen LogP) is 2.15. The van der Waals surface area contributed by atoms with Gasteiger partial charge in [0.1, 0.15) is 0 Å². The molecule has 0 aromatic carbocycles. The molecule has 6 nitrogen and oxygen atoms in total. The maximum Gasteiger partial charge on any atom is 0.315 e. The topological polar surface area (TPSA) is 91.3 Å². The summed E-state index contributed by atoms with van der Waals surface area (Å²) in [5.41, 5.74) is 0.876. The molecule has 1 aliphatic rings. The van der Waals surface area contributed by atoms with Crippen molar-refractivity contribution < 1.29 is 14.7 Å². The molecule has 0 saturated heterocycles. The Morgan fingerprint density at radius 2 is 2.10 bits per heavy atom. The molecule has 21 heavy (non-hydrogen) atoms. The second-order valence-corrected chi connectivity index (χ2v) is 6.24. The largest absolute Gasteiger partial charge is 0.481 e. The van der Waals surface area contributed by atoms with E-state index in [0.29, 0.717) is 19.4 Å². The summed E-state index contributed by atoms with van der Waals surface area (Å²) in [4.78, 5) is 27.1. The smallest absolute Gasteiger partial charge is 0.315 e. The quantitative estimate of drug-likeness (QED) is 0.777. The van der Waals surface area contributed by atoms with Crippen molar-refractivity contribution in [1.82, 2.24) is 15.6 Å². The van der Waals surface area contributed by atoms with E-state index in [1.165, 1.54) is 0 Å². The van der Waals surface area contributed by atoms with E-state index in [9.17, 15) is 9.59 Å². The molecular formula is C14H21N3O3S. The molecular weight excluding hydrogens is 290 g/mol. The first-order chi connectivity index (χ1) is 10.1. The van der Waals surface area contributed by atoms with Crippen molar-refractivity contribution in [2.24, 2.45) is 5.92 Å². The van der Waals surface area contributed by atoms with Gasteiger partial charge in [-0.3, -0.25) is 4.79 Å². The molecule has 1 aliphatic carbocycles. The first kappa shape index (κ1) is 15.8. The van der Waals surface area contributed by atoms with Gasteiger partial charge in [-0.05, 0) is 32.1 Å². The molecule has 2 rings (SSSR count). The van der Waals surface area contributed by atoms with E-state index in [1.54, 1.807) is 11.3 Å². The number of carbonyl (C=O) groups excluding carboxylic acids is 1. The number of carboxylic acids is 1. The maximum atomic E-state index is 11.8. The van der Waals surface area contributed by atoms with Crippen LogP contribution in [0.1, 0.15) is 43.3 Å². The highest BCUT2D eigenvalue weighted by molar-refractivity contribution is 7.09. The molecule has 7 heteroatoms. The van der Waals surface area contributed by atoms with Crippen molar-refractivity contribution in [3.8, 4) is 0 Å². The summed E-state index contributed by atoms with van der Waals surface area (Å²) in [6.45, 7) is 2.48. The van der Waals surface area contributed by atoms with E-state index in [0.717, 1.165) is 30.0 Å². The Morgan fingerprint density at radius 3 is 2.67 bits per heavy atom. The number of hydrogen-bond acceptors (Lipinski definition) is 4. The fourth-order valence-electron chi connectivity index (χ4n) is 2.48. The number of carboxylic acid groups (broad SMARTS) is 1. The van der Waals surface area contributed by atoms with Gasteiger partial charge in [-0.15, -0.1) is 11.3 Å². The lowest BCUT2D eigenvalue weighted by Crippen LogP contribution is -2.43. The van der Waals surface area contributed by atoms with Gasteiger partial charge in [-0.2, -0.15) is 0 Å². The molecule has 2 amide bonds. The normalized spacial score (nSPS) is 21.8. The summed E-state index contributed by atoms with van der Waals surface area (Å²) in [7, 11) is 0. The van der Waals surface area contributed by atoms with Gasteiger partial charge in [0.2, 0.25) is 0 Å². The zero-order valence-corrected chi connectivity index (χ0v) is 12.9. The molecule has 0 bridgehead atoms. The molecule has 1 aromatic heterocycles. The Kier molecular flexibility index (Phi) is 5.55.